The highest BCUT2D eigenvalue weighted by Gasteiger charge is 2.40. The fourth-order valence-electron chi connectivity index (χ4n) is 6.77. The first-order chi connectivity index (χ1) is 29.5. The van der Waals surface area contributed by atoms with Gasteiger partial charge in [0.15, 0.2) is 0 Å². The predicted molar refractivity (Wildman–Crippen MR) is 232 cm³/mol. The molecule has 4 N–H and O–H groups in total. The van der Waals surface area contributed by atoms with Crippen LogP contribution in [0.4, 0.5) is 10.5 Å². The molecular formula is C42H53N9O9S2. The molecule has 18 nitrogen and oxygen atoms in total. The van der Waals surface area contributed by atoms with Crippen LogP contribution in [0.5, 0.6) is 17.2 Å². The number of methoxy groups -OCH3 is 3. The number of rotatable bonds is 18. The van der Waals surface area contributed by atoms with Crippen LogP contribution in [-0.4, -0.2) is 111 Å². The van der Waals surface area contributed by atoms with E-state index in [9.17, 15) is 13.2 Å². The van der Waals surface area contributed by atoms with Gasteiger partial charge in [-0.2, -0.15) is 9.10 Å². The number of anilines is 1. The average molecular weight is 892 g/mol. The van der Waals surface area contributed by atoms with E-state index in [0.29, 0.717) is 28.4 Å². The van der Waals surface area contributed by atoms with Gasteiger partial charge < -0.3 is 34.9 Å². The zero-order valence-corrected chi connectivity index (χ0v) is 37.2. The van der Waals surface area contributed by atoms with Crippen molar-refractivity contribution in [3.8, 4) is 28.6 Å². The summed E-state index contributed by atoms with van der Waals surface area (Å²) in [7, 11) is -4.89. The maximum atomic E-state index is 15.7. The Labute approximate surface area is 362 Å². The Morgan fingerprint density at radius 2 is 1.37 bits per heavy atom. The van der Waals surface area contributed by atoms with Crippen LogP contribution in [0.25, 0.3) is 11.4 Å². The molecule has 1 aromatic heterocycles. The summed E-state index contributed by atoms with van der Waals surface area (Å²) in [5, 5.41) is 16.3. The maximum Gasteiger partial charge on any atom is 0.410 e. The highest BCUT2D eigenvalue weighted by molar-refractivity contribution is 7.92. The van der Waals surface area contributed by atoms with Gasteiger partial charge in [-0.3, -0.25) is 0 Å². The third kappa shape index (κ3) is 11.2. The number of carbonyl (C=O) groups excluding carboxylic acids is 1. The summed E-state index contributed by atoms with van der Waals surface area (Å²) in [6, 6.07) is 22.9. The number of ether oxygens (including phenoxy) is 4. The summed E-state index contributed by atoms with van der Waals surface area (Å²) in [5.41, 5.74) is 7.23. The first kappa shape index (κ1) is 45.7. The summed E-state index contributed by atoms with van der Waals surface area (Å²) in [5.74, 6) is 1.64. The molecule has 62 heavy (non-hydrogen) atoms. The van der Waals surface area contributed by atoms with Crippen LogP contribution in [0.15, 0.2) is 94.7 Å². The zero-order valence-electron chi connectivity index (χ0n) is 35.6. The van der Waals surface area contributed by atoms with Gasteiger partial charge in [-0.1, -0.05) is 36.4 Å². The molecule has 20 heteroatoms. The molecule has 0 unspecified atom stereocenters. The van der Waals surface area contributed by atoms with Crippen LogP contribution in [0.3, 0.4) is 0 Å². The SMILES string of the molecule is COc1ccc(CN(Cc2ccc(OC)cc2)S(=O)(=O)c2c(S(=O)(=O)N[C@@H]3CCN(C(=O)OC(C)(C)C)C3)ccc(NCCN)c2-c2nnn(Cc3ccc(OC)cc3)n2)cc1. The Kier molecular flexibility index (Phi) is 14.4. The summed E-state index contributed by atoms with van der Waals surface area (Å²) < 4.78 is 86.4. The molecule has 4 aromatic carbocycles. The molecule has 2 heterocycles. The fourth-order valence-corrected chi connectivity index (χ4v) is 10.4. The maximum absolute atomic E-state index is 15.7. The molecule has 5 aromatic rings. The number of nitrogens with two attached hydrogens (primary N) is 1. The van der Waals surface area contributed by atoms with Crippen molar-refractivity contribution in [2.45, 2.75) is 68.3 Å². The minimum Gasteiger partial charge on any atom is -0.497 e. The molecule has 6 rings (SSSR count). The van der Waals surface area contributed by atoms with Gasteiger partial charge in [0.2, 0.25) is 25.9 Å². The average Bonchev–Trinajstić information content (AvgIpc) is 3.92. The number of nitrogens with zero attached hydrogens (tertiary/aromatic N) is 6. The van der Waals surface area contributed by atoms with E-state index >= 15 is 8.42 Å². The third-order valence-corrected chi connectivity index (χ3v) is 13.4. The van der Waals surface area contributed by atoms with E-state index < -0.39 is 47.6 Å². The highest BCUT2D eigenvalue weighted by Crippen LogP contribution is 2.40. The Morgan fingerprint density at radius 3 is 1.89 bits per heavy atom. The standard InChI is InChI=1S/C42H53N9O9S2/c1-42(2,3)60-41(52)49-24-21-32(28-49)47-61(53,54)37-20-19-36(44-23-22-43)38(40-45-48-51(46-40)27-31-11-17-35(59-6)18-12-31)39(37)62(55,56)50(25-29-7-13-33(57-4)14-8-29)26-30-9-15-34(58-5)16-10-30/h7-20,32,44,47H,21-28,43H2,1-6H3/t32-/m1/s1. The monoisotopic (exact) mass is 891 g/mol. The van der Waals surface area contributed by atoms with Gasteiger partial charge in [-0.05, 0) is 97.6 Å². The molecule has 0 aliphatic carbocycles. The molecular weight excluding hydrogens is 839 g/mol. The van der Waals surface area contributed by atoms with Crippen molar-refractivity contribution in [1.29, 1.82) is 0 Å². The van der Waals surface area contributed by atoms with Crippen molar-refractivity contribution in [3.05, 3.63) is 102 Å². The van der Waals surface area contributed by atoms with Crippen LogP contribution in [-0.2, 0) is 44.4 Å². The second-order valence-corrected chi connectivity index (χ2v) is 19.1. The molecule has 1 aliphatic heterocycles. The lowest BCUT2D eigenvalue weighted by atomic mass is 10.1. The van der Waals surface area contributed by atoms with Crippen LogP contribution in [0.2, 0.25) is 0 Å². The highest BCUT2D eigenvalue weighted by atomic mass is 32.2. The molecule has 1 atom stereocenters. The van der Waals surface area contributed by atoms with Crippen molar-refractivity contribution in [3.63, 3.8) is 0 Å². The van der Waals surface area contributed by atoms with Crippen molar-refractivity contribution in [1.82, 2.24) is 34.1 Å². The Morgan fingerprint density at radius 1 is 0.823 bits per heavy atom. The van der Waals surface area contributed by atoms with E-state index in [1.165, 1.54) is 40.4 Å². The molecule has 0 bridgehead atoms. The number of carbonyl (C=O) groups is 1. The lowest BCUT2D eigenvalue weighted by Gasteiger charge is -2.27. The number of nitrogens with one attached hydrogen (secondary N) is 2. The Hall–Kier alpha value is -5.80. The van der Waals surface area contributed by atoms with Crippen molar-refractivity contribution >= 4 is 31.8 Å². The van der Waals surface area contributed by atoms with Crippen molar-refractivity contribution in [2.75, 3.05) is 52.8 Å². The molecule has 1 aliphatic rings. The normalized spacial score (nSPS) is 14.5. The number of benzene rings is 4. The topological polar surface area (TPSA) is 222 Å². The largest absolute Gasteiger partial charge is 0.497 e. The lowest BCUT2D eigenvalue weighted by molar-refractivity contribution is 0.0292. The summed E-state index contributed by atoms with van der Waals surface area (Å²) in [6.45, 7) is 5.62. The van der Waals surface area contributed by atoms with Gasteiger partial charge in [0.05, 0.1) is 33.4 Å². The quantitative estimate of drug-likeness (QED) is 0.111. The zero-order chi connectivity index (χ0) is 44.7. The van der Waals surface area contributed by atoms with E-state index in [4.69, 9.17) is 24.7 Å². The molecule has 0 radical (unpaired) electrons. The van der Waals surface area contributed by atoms with Gasteiger partial charge in [-0.25, -0.2) is 26.4 Å². The number of tetrazole rings is 1. The first-order valence-corrected chi connectivity index (χ1v) is 22.7. The lowest BCUT2D eigenvalue weighted by Crippen LogP contribution is -2.41. The molecule has 1 fully saturated rings. The van der Waals surface area contributed by atoms with Gasteiger partial charge in [0.25, 0.3) is 0 Å². The predicted octanol–water partition coefficient (Wildman–Crippen LogP) is 4.46. The van der Waals surface area contributed by atoms with Crippen LogP contribution in [0.1, 0.15) is 43.9 Å². The van der Waals surface area contributed by atoms with Crippen molar-refractivity contribution < 1.29 is 40.6 Å². The van der Waals surface area contributed by atoms with E-state index in [1.807, 2.05) is 12.1 Å². The Balaban J connectivity index is 1.51. The van der Waals surface area contributed by atoms with Crippen LogP contribution >= 0.6 is 0 Å². The van der Waals surface area contributed by atoms with Gasteiger partial charge in [0.1, 0.15) is 32.6 Å². The van der Waals surface area contributed by atoms with Crippen LogP contribution in [0, 0.1) is 0 Å². The van der Waals surface area contributed by atoms with Gasteiger partial charge in [-0.15, -0.1) is 10.2 Å². The van der Waals surface area contributed by atoms with E-state index in [-0.39, 0.29) is 69.3 Å². The number of likely N-dealkylation sites (tertiary alicyclic amines) is 1. The Bertz CT molecular complexity index is 2480. The third-order valence-electron chi connectivity index (χ3n) is 9.83. The van der Waals surface area contributed by atoms with Crippen molar-refractivity contribution in [2.24, 2.45) is 5.73 Å². The fraction of sp³-hybridized carbons (Fsp3) is 0.381. The summed E-state index contributed by atoms with van der Waals surface area (Å²) in [4.78, 5) is 14.5. The van der Waals surface area contributed by atoms with Gasteiger partial charge >= 0.3 is 6.09 Å². The minimum atomic E-state index is -4.84. The molecule has 0 saturated carbocycles. The number of hydrogen-bond acceptors (Lipinski definition) is 14. The summed E-state index contributed by atoms with van der Waals surface area (Å²) >= 11 is 0. The minimum absolute atomic E-state index is 0.00152. The number of sulfonamides is 2. The van der Waals surface area contributed by atoms with E-state index in [1.54, 1.807) is 88.5 Å². The number of amides is 1. The second-order valence-electron chi connectivity index (χ2n) is 15.5. The number of hydrogen-bond donors (Lipinski definition) is 3. The molecule has 0 spiro atoms. The smallest absolute Gasteiger partial charge is 0.410 e. The van der Waals surface area contributed by atoms with Crippen LogP contribution < -0.4 is 30.0 Å². The molecule has 1 amide bonds. The first-order valence-electron chi connectivity index (χ1n) is 19.8. The molecule has 332 valence electrons. The van der Waals surface area contributed by atoms with E-state index in [2.05, 4.69) is 25.4 Å². The molecule has 1 saturated heterocycles. The summed E-state index contributed by atoms with van der Waals surface area (Å²) in [6.07, 6.45) is -0.331. The van der Waals surface area contributed by atoms with Gasteiger partial charge in [0, 0.05) is 51.0 Å². The van der Waals surface area contributed by atoms with E-state index in [0.717, 1.165) is 5.56 Å². The second kappa shape index (κ2) is 19.5. The number of aromatic nitrogens is 4.